The number of nitrogens with two attached hydrogens (primary N) is 1. The molecular weight excluding hydrogens is 246 g/mol. The maximum atomic E-state index is 11.5. The van der Waals surface area contributed by atoms with Crippen molar-refractivity contribution < 1.29 is 9.53 Å². The van der Waals surface area contributed by atoms with Crippen molar-refractivity contribution in [1.82, 2.24) is 19.5 Å². The predicted octanol–water partition coefficient (Wildman–Crippen LogP) is 1.14. The largest absolute Gasteiger partial charge is 0.466 e. The summed E-state index contributed by atoms with van der Waals surface area (Å²) in [5.41, 5.74) is 6.88. The number of unbranched alkanes of at least 4 members (excludes halogenated alkanes) is 1. The number of carbonyl (C=O) groups is 1. The molecule has 2 N–H and O–H groups in total. The van der Waals surface area contributed by atoms with Crippen molar-refractivity contribution in [2.24, 2.45) is 0 Å². The first-order chi connectivity index (χ1) is 9.22. The Hall–Kier alpha value is -2.18. The number of nitrogens with zero attached hydrogens (tertiary/aromatic N) is 4. The van der Waals surface area contributed by atoms with Gasteiger partial charge < -0.3 is 15.0 Å². The molecule has 7 nitrogen and oxygen atoms in total. The fourth-order valence-electron chi connectivity index (χ4n) is 1.68. The minimum Gasteiger partial charge on any atom is -0.466 e. The summed E-state index contributed by atoms with van der Waals surface area (Å²) in [5, 5.41) is 0. The number of aryl methyl sites for hydroxylation is 1. The molecule has 0 aliphatic rings. The van der Waals surface area contributed by atoms with Gasteiger partial charge in [0, 0.05) is 6.54 Å². The molecule has 0 amide bonds. The Kier molecular flexibility index (Phi) is 4.27. The predicted molar refractivity (Wildman–Crippen MR) is 70.2 cm³/mol. The topological polar surface area (TPSA) is 95.9 Å². The van der Waals surface area contributed by atoms with Crippen LogP contribution in [0.1, 0.15) is 26.2 Å². The van der Waals surface area contributed by atoms with Crippen molar-refractivity contribution in [3.63, 3.8) is 0 Å². The minimum atomic E-state index is -0.211. The van der Waals surface area contributed by atoms with Gasteiger partial charge in [0.25, 0.3) is 0 Å². The van der Waals surface area contributed by atoms with Crippen molar-refractivity contribution in [1.29, 1.82) is 0 Å². The molecule has 19 heavy (non-hydrogen) atoms. The maximum absolute atomic E-state index is 11.5. The summed E-state index contributed by atoms with van der Waals surface area (Å²) in [6.07, 6.45) is 5.18. The molecule has 0 saturated carbocycles. The normalized spacial score (nSPS) is 10.8. The van der Waals surface area contributed by atoms with Crippen molar-refractivity contribution in [3.8, 4) is 0 Å². The number of esters is 1. The van der Waals surface area contributed by atoms with Gasteiger partial charge in [0.15, 0.2) is 11.5 Å². The smallest absolute Gasteiger partial charge is 0.307 e. The van der Waals surface area contributed by atoms with Crippen molar-refractivity contribution >= 4 is 23.0 Å². The van der Waals surface area contributed by atoms with Gasteiger partial charge in [-0.05, 0) is 6.42 Å². The highest BCUT2D eigenvalue weighted by atomic mass is 16.5. The molecule has 0 fully saturated rings. The second-order valence-electron chi connectivity index (χ2n) is 4.19. The van der Waals surface area contributed by atoms with Gasteiger partial charge in [-0.15, -0.1) is 0 Å². The van der Waals surface area contributed by atoms with Crippen LogP contribution in [0, 0.1) is 0 Å². The third-order valence-corrected chi connectivity index (χ3v) is 2.75. The van der Waals surface area contributed by atoms with Crippen LogP contribution in [-0.4, -0.2) is 32.1 Å². The highest BCUT2D eigenvalue weighted by Gasteiger charge is 2.09. The van der Waals surface area contributed by atoms with E-state index in [9.17, 15) is 4.79 Å². The molecule has 2 rings (SSSR count). The lowest BCUT2D eigenvalue weighted by Gasteiger charge is -2.05. The van der Waals surface area contributed by atoms with Crippen molar-refractivity contribution in [2.75, 3.05) is 12.3 Å². The molecule has 0 saturated heterocycles. The quantitative estimate of drug-likeness (QED) is 0.620. The Morgan fingerprint density at radius 3 is 3.05 bits per heavy atom. The lowest BCUT2D eigenvalue weighted by molar-refractivity contribution is -0.144. The number of nitrogen functional groups attached to an aromatic ring is 1. The molecular formula is C12H17N5O2. The highest BCUT2D eigenvalue weighted by molar-refractivity contribution is 5.81. The van der Waals surface area contributed by atoms with E-state index in [-0.39, 0.29) is 5.97 Å². The third kappa shape index (κ3) is 3.18. The molecule has 2 heterocycles. The van der Waals surface area contributed by atoms with E-state index < -0.39 is 0 Å². The monoisotopic (exact) mass is 263 g/mol. The number of fused-ring (bicyclic) bond motifs is 1. The van der Waals surface area contributed by atoms with E-state index in [1.807, 2.05) is 0 Å². The number of hydrogen-bond donors (Lipinski definition) is 1. The first kappa shape index (κ1) is 13.3. The summed E-state index contributed by atoms with van der Waals surface area (Å²) < 4.78 is 6.86. The Morgan fingerprint density at radius 1 is 1.42 bits per heavy atom. The van der Waals surface area contributed by atoms with E-state index in [1.165, 1.54) is 6.33 Å². The van der Waals surface area contributed by atoms with Gasteiger partial charge in [0.05, 0.1) is 19.4 Å². The van der Waals surface area contributed by atoms with Crippen LogP contribution in [0.5, 0.6) is 0 Å². The van der Waals surface area contributed by atoms with Crippen LogP contribution in [0.3, 0.4) is 0 Å². The summed E-state index contributed by atoms with van der Waals surface area (Å²) >= 11 is 0. The molecule has 7 heteroatoms. The zero-order valence-corrected chi connectivity index (χ0v) is 10.9. The van der Waals surface area contributed by atoms with Gasteiger partial charge in [0.2, 0.25) is 0 Å². The number of rotatable bonds is 6. The van der Waals surface area contributed by atoms with Gasteiger partial charge in [-0.3, -0.25) is 4.79 Å². The fraction of sp³-hybridized carbons (Fsp3) is 0.500. The van der Waals surface area contributed by atoms with E-state index in [1.54, 1.807) is 10.9 Å². The standard InChI is InChI=1S/C12H17N5O2/c1-2-3-6-19-9(18)4-5-17-8-16-10-11(13)14-7-15-12(10)17/h7-8H,2-6H2,1H3,(H2,13,14,15). The molecule has 102 valence electrons. The number of carbonyl (C=O) groups excluding carboxylic acids is 1. The summed E-state index contributed by atoms with van der Waals surface area (Å²) in [6.45, 7) is 3.00. The van der Waals surface area contributed by atoms with Crippen LogP contribution < -0.4 is 5.73 Å². The van der Waals surface area contributed by atoms with Gasteiger partial charge in [0.1, 0.15) is 11.8 Å². The Balaban J connectivity index is 1.95. The second-order valence-corrected chi connectivity index (χ2v) is 4.19. The number of ether oxygens (including phenoxy) is 1. The van der Waals surface area contributed by atoms with Crippen LogP contribution in [0.25, 0.3) is 11.2 Å². The van der Waals surface area contributed by atoms with Gasteiger partial charge in [-0.25, -0.2) is 15.0 Å². The van der Waals surface area contributed by atoms with E-state index in [0.29, 0.717) is 36.6 Å². The second kappa shape index (κ2) is 6.12. The van der Waals surface area contributed by atoms with Crippen LogP contribution >= 0.6 is 0 Å². The molecule has 0 aliphatic heterocycles. The van der Waals surface area contributed by atoms with E-state index in [4.69, 9.17) is 10.5 Å². The summed E-state index contributed by atoms with van der Waals surface area (Å²) in [4.78, 5) is 23.6. The molecule has 0 unspecified atom stereocenters. The zero-order valence-electron chi connectivity index (χ0n) is 10.9. The van der Waals surface area contributed by atoms with Crippen LogP contribution in [0.4, 0.5) is 5.82 Å². The first-order valence-corrected chi connectivity index (χ1v) is 6.29. The lowest BCUT2D eigenvalue weighted by Crippen LogP contribution is -2.10. The van der Waals surface area contributed by atoms with E-state index in [2.05, 4.69) is 21.9 Å². The molecule has 0 aliphatic carbocycles. The number of aromatic nitrogens is 4. The van der Waals surface area contributed by atoms with Crippen LogP contribution in [0.15, 0.2) is 12.7 Å². The Labute approximate surface area is 110 Å². The molecule has 0 spiro atoms. The van der Waals surface area contributed by atoms with E-state index >= 15 is 0 Å². The molecule has 2 aromatic heterocycles. The summed E-state index contributed by atoms with van der Waals surface area (Å²) in [6, 6.07) is 0. The SMILES string of the molecule is CCCCOC(=O)CCn1cnc2c(N)ncnc21. The van der Waals surface area contributed by atoms with Gasteiger partial charge in [-0.1, -0.05) is 13.3 Å². The van der Waals surface area contributed by atoms with Gasteiger partial charge in [-0.2, -0.15) is 0 Å². The van der Waals surface area contributed by atoms with Crippen LogP contribution in [-0.2, 0) is 16.1 Å². The van der Waals surface area contributed by atoms with Crippen LogP contribution in [0.2, 0.25) is 0 Å². The number of imidazole rings is 1. The number of hydrogen-bond acceptors (Lipinski definition) is 6. The minimum absolute atomic E-state index is 0.211. The first-order valence-electron chi connectivity index (χ1n) is 6.29. The van der Waals surface area contributed by atoms with E-state index in [0.717, 1.165) is 12.8 Å². The third-order valence-electron chi connectivity index (χ3n) is 2.75. The molecule has 2 aromatic rings. The lowest BCUT2D eigenvalue weighted by atomic mass is 10.3. The average molecular weight is 263 g/mol. The van der Waals surface area contributed by atoms with Crippen molar-refractivity contribution in [3.05, 3.63) is 12.7 Å². The summed E-state index contributed by atoms with van der Waals surface area (Å²) in [5.74, 6) is 0.131. The summed E-state index contributed by atoms with van der Waals surface area (Å²) in [7, 11) is 0. The van der Waals surface area contributed by atoms with Gasteiger partial charge >= 0.3 is 5.97 Å². The Bertz CT molecular complexity index is 566. The fourth-order valence-corrected chi connectivity index (χ4v) is 1.68. The molecule has 0 aromatic carbocycles. The Morgan fingerprint density at radius 2 is 2.26 bits per heavy atom. The zero-order chi connectivity index (χ0) is 13.7. The highest BCUT2D eigenvalue weighted by Crippen LogP contribution is 2.14. The molecule has 0 atom stereocenters. The average Bonchev–Trinajstić information content (AvgIpc) is 2.81. The molecule has 0 radical (unpaired) electrons. The number of anilines is 1. The van der Waals surface area contributed by atoms with Crippen molar-refractivity contribution in [2.45, 2.75) is 32.7 Å². The maximum Gasteiger partial charge on any atom is 0.307 e. The molecule has 0 bridgehead atoms.